The average molecular weight is 281 g/mol. The van der Waals surface area contributed by atoms with Crippen LogP contribution in [0.2, 0.25) is 0 Å². The quantitative estimate of drug-likeness (QED) is 0.784. The smallest absolute Gasteiger partial charge is 0.236 e. The first kappa shape index (κ1) is 15.8. The van der Waals surface area contributed by atoms with Crippen LogP contribution in [0.3, 0.4) is 0 Å². The number of likely N-dealkylation sites (tertiary alicyclic amines) is 1. The second-order valence-electron chi connectivity index (χ2n) is 6.64. The van der Waals surface area contributed by atoms with E-state index in [9.17, 15) is 4.79 Å². The van der Waals surface area contributed by atoms with Gasteiger partial charge < -0.3 is 4.90 Å². The zero-order chi connectivity index (χ0) is 14.5. The second kappa shape index (κ2) is 7.41. The molecule has 20 heavy (non-hydrogen) atoms. The highest BCUT2D eigenvalue weighted by Gasteiger charge is 2.25. The number of hydrogen-bond acceptors (Lipinski definition) is 3. The van der Waals surface area contributed by atoms with E-state index >= 15 is 0 Å². The summed E-state index contributed by atoms with van der Waals surface area (Å²) in [5.74, 6) is 1.22. The van der Waals surface area contributed by atoms with Crippen LogP contribution in [0, 0.1) is 5.92 Å². The highest BCUT2D eigenvalue weighted by Crippen LogP contribution is 2.19. The fraction of sp³-hybridized carbons (Fsp3) is 0.938. The van der Waals surface area contributed by atoms with Crippen molar-refractivity contribution in [1.82, 2.24) is 14.7 Å². The van der Waals surface area contributed by atoms with E-state index in [1.165, 1.54) is 19.3 Å². The summed E-state index contributed by atoms with van der Waals surface area (Å²) in [4.78, 5) is 19.2. The van der Waals surface area contributed by atoms with Crippen LogP contribution in [0.5, 0.6) is 0 Å². The molecule has 2 heterocycles. The van der Waals surface area contributed by atoms with Crippen molar-refractivity contribution < 1.29 is 4.79 Å². The Hall–Kier alpha value is -0.610. The van der Waals surface area contributed by atoms with E-state index in [1.807, 2.05) is 0 Å². The first-order chi connectivity index (χ1) is 9.60. The SMILES string of the molecule is CCC1CCN(CC(=O)N2CCN(C(C)C)CC2)CC1. The predicted octanol–water partition coefficient (Wildman–Crippen LogP) is 1.66. The van der Waals surface area contributed by atoms with Crippen LogP contribution in [0.15, 0.2) is 0 Å². The van der Waals surface area contributed by atoms with Crippen LogP contribution in [0.25, 0.3) is 0 Å². The Balaban J connectivity index is 1.71. The fourth-order valence-corrected chi connectivity index (χ4v) is 3.33. The van der Waals surface area contributed by atoms with Crippen LogP contribution < -0.4 is 0 Å². The van der Waals surface area contributed by atoms with Gasteiger partial charge in [-0.3, -0.25) is 14.6 Å². The highest BCUT2D eigenvalue weighted by molar-refractivity contribution is 5.78. The molecule has 0 unspecified atom stereocenters. The molecular weight excluding hydrogens is 250 g/mol. The Bertz CT molecular complexity index is 303. The lowest BCUT2D eigenvalue weighted by atomic mass is 9.94. The minimum absolute atomic E-state index is 0.336. The molecule has 0 N–H and O–H groups in total. The number of nitrogens with zero attached hydrogens (tertiary/aromatic N) is 3. The maximum atomic E-state index is 12.4. The van der Waals surface area contributed by atoms with E-state index in [1.54, 1.807) is 0 Å². The third-order valence-corrected chi connectivity index (χ3v) is 5.04. The summed E-state index contributed by atoms with van der Waals surface area (Å²) in [5, 5.41) is 0. The Kier molecular flexibility index (Phi) is 5.85. The van der Waals surface area contributed by atoms with Gasteiger partial charge in [0.15, 0.2) is 0 Å². The molecular formula is C16H31N3O. The van der Waals surface area contributed by atoms with Crippen molar-refractivity contribution >= 4 is 5.91 Å². The van der Waals surface area contributed by atoms with Gasteiger partial charge in [0.2, 0.25) is 5.91 Å². The van der Waals surface area contributed by atoms with Crippen molar-refractivity contribution in [3.05, 3.63) is 0 Å². The molecule has 0 aliphatic carbocycles. The van der Waals surface area contributed by atoms with E-state index in [0.29, 0.717) is 18.5 Å². The van der Waals surface area contributed by atoms with Crippen molar-refractivity contribution in [3.8, 4) is 0 Å². The van der Waals surface area contributed by atoms with Gasteiger partial charge in [-0.05, 0) is 45.7 Å². The predicted molar refractivity (Wildman–Crippen MR) is 82.7 cm³/mol. The molecule has 2 fully saturated rings. The van der Waals surface area contributed by atoms with Crippen molar-refractivity contribution in [1.29, 1.82) is 0 Å². The summed E-state index contributed by atoms with van der Waals surface area (Å²) in [6.07, 6.45) is 3.83. The zero-order valence-electron chi connectivity index (χ0n) is 13.5. The summed E-state index contributed by atoms with van der Waals surface area (Å²) in [6.45, 7) is 13.5. The van der Waals surface area contributed by atoms with Gasteiger partial charge in [0.05, 0.1) is 6.54 Å². The van der Waals surface area contributed by atoms with E-state index in [2.05, 4.69) is 35.5 Å². The lowest BCUT2D eigenvalue weighted by Gasteiger charge is -2.38. The molecule has 4 heteroatoms. The number of amides is 1. The normalized spacial score (nSPS) is 23.5. The number of piperidine rings is 1. The standard InChI is InChI=1S/C16H31N3O/c1-4-15-5-7-17(8-6-15)13-16(20)19-11-9-18(10-12-19)14(2)3/h14-15H,4-13H2,1-3H3. The summed E-state index contributed by atoms with van der Waals surface area (Å²) >= 11 is 0. The molecule has 1 amide bonds. The van der Waals surface area contributed by atoms with Crippen molar-refractivity contribution in [2.75, 3.05) is 45.8 Å². The monoisotopic (exact) mass is 281 g/mol. The molecule has 0 aromatic rings. The summed E-state index contributed by atoms with van der Waals surface area (Å²) in [5.41, 5.74) is 0. The zero-order valence-corrected chi connectivity index (χ0v) is 13.5. The summed E-state index contributed by atoms with van der Waals surface area (Å²) in [7, 11) is 0. The molecule has 0 aromatic carbocycles. The molecule has 2 aliphatic heterocycles. The van der Waals surface area contributed by atoms with E-state index in [0.717, 1.165) is 45.2 Å². The van der Waals surface area contributed by atoms with E-state index < -0.39 is 0 Å². The van der Waals surface area contributed by atoms with Crippen LogP contribution >= 0.6 is 0 Å². The highest BCUT2D eigenvalue weighted by atomic mass is 16.2. The Morgan fingerprint density at radius 1 is 1.05 bits per heavy atom. The van der Waals surface area contributed by atoms with Gasteiger partial charge in [-0.2, -0.15) is 0 Å². The third-order valence-electron chi connectivity index (χ3n) is 5.04. The number of piperazine rings is 1. The average Bonchev–Trinajstić information content (AvgIpc) is 2.48. The van der Waals surface area contributed by atoms with Crippen molar-refractivity contribution in [2.45, 2.75) is 46.1 Å². The third kappa shape index (κ3) is 4.19. The Labute approximate surface area is 124 Å². The van der Waals surface area contributed by atoms with Gasteiger partial charge >= 0.3 is 0 Å². The van der Waals surface area contributed by atoms with Gasteiger partial charge in [0.1, 0.15) is 0 Å². The van der Waals surface area contributed by atoms with E-state index in [4.69, 9.17) is 0 Å². The topological polar surface area (TPSA) is 26.8 Å². The minimum atomic E-state index is 0.336. The first-order valence-corrected chi connectivity index (χ1v) is 8.34. The van der Waals surface area contributed by atoms with Gasteiger partial charge in [-0.15, -0.1) is 0 Å². The van der Waals surface area contributed by atoms with Gasteiger partial charge in [0.25, 0.3) is 0 Å². The van der Waals surface area contributed by atoms with Gasteiger partial charge in [-0.25, -0.2) is 0 Å². The van der Waals surface area contributed by atoms with Crippen LogP contribution in [-0.4, -0.2) is 72.5 Å². The molecule has 0 aromatic heterocycles. The number of hydrogen-bond donors (Lipinski definition) is 0. The maximum absolute atomic E-state index is 12.4. The lowest BCUT2D eigenvalue weighted by molar-refractivity contribution is -0.134. The van der Waals surface area contributed by atoms with Crippen LogP contribution in [0.4, 0.5) is 0 Å². The molecule has 0 saturated carbocycles. The molecule has 0 radical (unpaired) electrons. The Morgan fingerprint density at radius 2 is 1.65 bits per heavy atom. The molecule has 4 nitrogen and oxygen atoms in total. The molecule has 2 saturated heterocycles. The first-order valence-electron chi connectivity index (χ1n) is 8.34. The number of rotatable bonds is 4. The summed E-state index contributed by atoms with van der Waals surface area (Å²) in [6, 6.07) is 0.598. The van der Waals surface area contributed by atoms with Crippen LogP contribution in [-0.2, 0) is 4.79 Å². The molecule has 2 rings (SSSR count). The second-order valence-corrected chi connectivity index (χ2v) is 6.64. The summed E-state index contributed by atoms with van der Waals surface area (Å²) < 4.78 is 0. The molecule has 0 atom stereocenters. The minimum Gasteiger partial charge on any atom is -0.339 e. The molecule has 116 valence electrons. The van der Waals surface area contributed by atoms with Crippen molar-refractivity contribution in [2.24, 2.45) is 5.92 Å². The molecule has 2 aliphatic rings. The molecule has 0 spiro atoms. The largest absolute Gasteiger partial charge is 0.339 e. The lowest BCUT2D eigenvalue weighted by Crippen LogP contribution is -2.53. The van der Waals surface area contributed by atoms with Crippen molar-refractivity contribution in [3.63, 3.8) is 0 Å². The maximum Gasteiger partial charge on any atom is 0.236 e. The van der Waals surface area contributed by atoms with E-state index in [-0.39, 0.29) is 0 Å². The van der Waals surface area contributed by atoms with Gasteiger partial charge in [-0.1, -0.05) is 13.3 Å². The van der Waals surface area contributed by atoms with Gasteiger partial charge in [0, 0.05) is 32.2 Å². The van der Waals surface area contributed by atoms with Crippen LogP contribution in [0.1, 0.15) is 40.0 Å². The fourth-order valence-electron chi connectivity index (χ4n) is 3.33. The Morgan fingerprint density at radius 3 is 2.15 bits per heavy atom. The number of carbonyl (C=O) groups is 1. The number of carbonyl (C=O) groups excluding carboxylic acids is 1. The molecule has 0 bridgehead atoms.